The zero-order valence-corrected chi connectivity index (χ0v) is 10.2. The standard InChI is InChI=1S/C11H21NO4/c1-11(12-2,10(13)14-3)8-15-7-9-5-4-6-16-9/h9,12H,4-8H2,1-3H3. The third-order valence-electron chi connectivity index (χ3n) is 2.91. The molecule has 0 aromatic heterocycles. The molecule has 0 radical (unpaired) electrons. The van der Waals surface area contributed by atoms with Crippen molar-refractivity contribution >= 4 is 5.97 Å². The number of rotatable bonds is 6. The average Bonchev–Trinajstić information content (AvgIpc) is 2.80. The normalized spacial score (nSPS) is 24.1. The predicted molar refractivity (Wildman–Crippen MR) is 59.3 cm³/mol. The first-order valence-electron chi connectivity index (χ1n) is 5.59. The molecule has 16 heavy (non-hydrogen) atoms. The molecule has 2 atom stereocenters. The quantitative estimate of drug-likeness (QED) is 0.668. The summed E-state index contributed by atoms with van der Waals surface area (Å²) in [6, 6.07) is 0. The lowest BCUT2D eigenvalue weighted by Gasteiger charge is -2.26. The summed E-state index contributed by atoms with van der Waals surface area (Å²) >= 11 is 0. The van der Waals surface area contributed by atoms with Crippen molar-refractivity contribution in [2.24, 2.45) is 0 Å². The van der Waals surface area contributed by atoms with E-state index < -0.39 is 5.54 Å². The minimum absolute atomic E-state index is 0.179. The summed E-state index contributed by atoms with van der Waals surface area (Å²) < 4.78 is 15.7. The second-order valence-corrected chi connectivity index (χ2v) is 4.22. The molecule has 2 unspecified atom stereocenters. The van der Waals surface area contributed by atoms with Crippen LogP contribution in [0.4, 0.5) is 0 Å². The van der Waals surface area contributed by atoms with E-state index in [-0.39, 0.29) is 18.7 Å². The molecule has 0 amide bonds. The van der Waals surface area contributed by atoms with E-state index in [9.17, 15) is 4.79 Å². The first kappa shape index (κ1) is 13.4. The minimum Gasteiger partial charge on any atom is -0.468 e. The van der Waals surface area contributed by atoms with Crippen LogP contribution in [-0.4, -0.2) is 51.6 Å². The lowest BCUT2D eigenvalue weighted by Crippen LogP contribution is -2.52. The Morgan fingerprint density at radius 3 is 2.88 bits per heavy atom. The van der Waals surface area contributed by atoms with Crippen molar-refractivity contribution < 1.29 is 19.0 Å². The van der Waals surface area contributed by atoms with Crippen LogP contribution in [0, 0.1) is 0 Å². The summed E-state index contributed by atoms with van der Waals surface area (Å²) in [5.74, 6) is -0.317. The molecule has 1 saturated heterocycles. The number of nitrogens with one attached hydrogen (secondary N) is 1. The topological polar surface area (TPSA) is 56.8 Å². The van der Waals surface area contributed by atoms with Gasteiger partial charge in [-0.3, -0.25) is 0 Å². The molecule has 0 saturated carbocycles. The van der Waals surface area contributed by atoms with Crippen LogP contribution in [0.3, 0.4) is 0 Å². The van der Waals surface area contributed by atoms with Gasteiger partial charge in [-0.2, -0.15) is 0 Å². The Balaban J connectivity index is 2.29. The van der Waals surface area contributed by atoms with Gasteiger partial charge in [0.2, 0.25) is 0 Å². The van der Waals surface area contributed by atoms with Crippen LogP contribution in [-0.2, 0) is 19.0 Å². The van der Waals surface area contributed by atoms with Crippen LogP contribution in [0.15, 0.2) is 0 Å². The number of hydrogen-bond acceptors (Lipinski definition) is 5. The molecule has 0 spiro atoms. The molecule has 1 aliphatic heterocycles. The van der Waals surface area contributed by atoms with Crippen molar-refractivity contribution in [1.29, 1.82) is 0 Å². The SMILES string of the molecule is CNC(C)(COCC1CCCO1)C(=O)OC. The summed E-state index contributed by atoms with van der Waals surface area (Å²) in [5.41, 5.74) is -0.784. The molecule has 0 aromatic carbocycles. The smallest absolute Gasteiger partial charge is 0.328 e. The molecule has 1 N–H and O–H groups in total. The monoisotopic (exact) mass is 231 g/mol. The van der Waals surface area contributed by atoms with Crippen LogP contribution in [0.1, 0.15) is 19.8 Å². The Morgan fingerprint density at radius 1 is 1.62 bits per heavy atom. The van der Waals surface area contributed by atoms with Gasteiger partial charge in [0.05, 0.1) is 26.4 Å². The van der Waals surface area contributed by atoms with Gasteiger partial charge in [0, 0.05) is 6.61 Å². The predicted octanol–water partition coefficient (Wildman–Crippen LogP) is 0.333. The van der Waals surface area contributed by atoms with Crippen LogP contribution in [0.2, 0.25) is 0 Å². The third-order valence-corrected chi connectivity index (χ3v) is 2.91. The number of likely N-dealkylation sites (N-methyl/N-ethyl adjacent to an activating group) is 1. The first-order valence-corrected chi connectivity index (χ1v) is 5.59. The summed E-state index contributed by atoms with van der Waals surface area (Å²) in [7, 11) is 3.09. The summed E-state index contributed by atoms with van der Waals surface area (Å²) in [6.45, 7) is 3.40. The van der Waals surface area contributed by atoms with Crippen LogP contribution >= 0.6 is 0 Å². The Kier molecular flexibility index (Phi) is 5.18. The van der Waals surface area contributed by atoms with Crippen molar-refractivity contribution in [3.63, 3.8) is 0 Å². The number of esters is 1. The number of ether oxygens (including phenoxy) is 3. The second-order valence-electron chi connectivity index (χ2n) is 4.22. The second kappa shape index (κ2) is 6.18. The Bertz CT molecular complexity index is 228. The molecule has 1 rings (SSSR count). The van der Waals surface area contributed by atoms with E-state index in [1.54, 1.807) is 14.0 Å². The number of carbonyl (C=O) groups excluding carboxylic acids is 1. The lowest BCUT2D eigenvalue weighted by atomic mass is 10.1. The molecule has 1 aliphatic rings. The molecule has 1 fully saturated rings. The Labute approximate surface area is 96.4 Å². The van der Waals surface area contributed by atoms with E-state index in [2.05, 4.69) is 5.32 Å². The summed E-state index contributed by atoms with van der Waals surface area (Å²) in [5, 5.41) is 2.91. The molecule has 5 heteroatoms. The zero-order valence-electron chi connectivity index (χ0n) is 10.2. The fraction of sp³-hybridized carbons (Fsp3) is 0.909. The number of hydrogen-bond donors (Lipinski definition) is 1. The van der Waals surface area contributed by atoms with Crippen LogP contribution < -0.4 is 5.32 Å². The highest BCUT2D eigenvalue weighted by Crippen LogP contribution is 2.13. The highest BCUT2D eigenvalue weighted by Gasteiger charge is 2.33. The van der Waals surface area contributed by atoms with Gasteiger partial charge < -0.3 is 19.5 Å². The van der Waals surface area contributed by atoms with Gasteiger partial charge in [-0.1, -0.05) is 0 Å². The largest absolute Gasteiger partial charge is 0.468 e. The van der Waals surface area contributed by atoms with Gasteiger partial charge in [-0.15, -0.1) is 0 Å². The molecule has 0 aliphatic carbocycles. The fourth-order valence-electron chi connectivity index (χ4n) is 1.63. The highest BCUT2D eigenvalue weighted by atomic mass is 16.5. The summed E-state index contributed by atoms with van der Waals surface area (Å²) in [4.78, 5) is 11.5. The van der Waals surface area contributed by atoms with E-state index in [0.717, 1.165) is 19.4 Å². The molecule has 94 valence electrons. The van der Waals surface area contributed by atoms with Crippen LogP contribution in [0.25, 0.3) is 0 Å². The van der Waals surface area contributed by atoms with Crippen LogP contribution in [0.5, 0.6) is 0 Å². The molecular weight excluding hydrogens is 210 g/mol. The lowest BCUT2D eigenvalue weighted by molar-refractivity contribution is -0.151. The Hall–Kier alpha value is -0.650. The minimum atomic E-state index is -0.784. The maximum absolute atomic E-state index is 11.5. The summed E-state index contributed by atoms with van der Waals surface area (Å²) in [6.07, 6.45) is 2.31. The van der Waals surface area contributed by atoms with Gasteiger partial charge in [0.25, 0.3) is 0 Å². The van der Waals surface area contributed by atoms with E-state index >= 15 is 0 Å². The Morgan fingerprint density at radius 2 is 2.38 bits per heavy atom. The molecule has 1 heterocycles. The van der Waals surface area contributed by atoms with E-state index in [1.807, 2.05) is 0 Å². The van der Waals surface area contributed by atoms with Crippen molar-refractivity contribution in [3.05, 3.63) is 0 Å². The van der Waals surface area contributed by atoms with E-state index in [0.29, 0.717) is 6.61 Å². The highest BCUT2D eigenvalue weighted by molar-refractivity contribution is 5.80. The van der Waals surface area contributed by atoms with Gasteiger partial charge >= 0.3 is 5.97 Å². The van der Waals surface area contributed by atoms with Gasteiger partial charge in [0.1, 0.15) is 5.54 Å². The van der Waals surface area contributed by atoms with Gasteiger partial charge in [-0.05, 0) is 26.8 Å². The van der Waals surface area contributed by atoms with E-state index in [1.165, 1.54) is 7.11 Å². The average molecular weight is 231 g/mol. The number of methoxy groups -OCH3 is 1. The molecule has 5 nitrogen and oxygen atoms in total. The zero-order chi connectivity index (χ0) is 12.0. The van der Waals surface area contributed by atoms with E-state index in [4.69, 9.17) is 14.2 Å². The number of carbonyl (C=O) groups is 1. The van der Waals surface area contributed by atoms with Crippen molar-refractivity contribution in [2.45, 2.75) is 31.4 Å². The first-order chi connectivity index (χ1) is 7.62. The van der Waals surface area contributed by atoms with Gasteiger partial charge in [-0.25, -0.2) is 4.79 Å². The maximum Gasteiger partial charge on any atom is 0.328 e. The van der Waals surface area contributed by atoms with Crippen molar-refractivity contribution in [3.8, 4) is 0 Å². The third kappa shape index (κ3) is 3.43. The van der Waals surface area contributed by atoms with Crippen molar-refractivity contribution in [2.75, 3.05) is 34.0 Å². The maximum atomic E-state index is 11.5. The molecular formula is C11H21NO4. The van der Waals surface area contributed by atoms with Gasteiger partial charge in [0.15, 0.2) is 0 Å². The molecule has 0 bridgehead atoms. The van der Waals surface area contributed by atoms with Crippen molar-refractivity contribution in [1.82, 2.24) is 5.32 Å². The molecule has 0 aromatic rings. The fourth-order valence-corrected chi connectivity index (χ4v) is 1.63.